The number of ether oxygens (including phenoxy) is 2. The standard InChI is InChI=1S/C32H50O7/c1-17(33)38-25-16-23-28(2,3)24(34)12-14-31(23,7)22-11-13-30(6)19(9-10-21(30)32(22,25)8)18-15-20(39-27(18)36)26(35)29(4,5)37/h10,18-20,22-23,25-27,35-37H,9,11-16H2,1-8H3. The summed E-state index contributed by atoms with van der Waals surface area (Å²) in [6.45, 7) is 15.8. The molecule has 0 amide bonds. The number of rotatable bonds is 4. The van der Waals surface area contributed by atoms with Gasteiger partial charge in [0.1, 0.15) is 18.0 Å². The molecule has 3 saturated carbocycles. The lowest BCUT2D eigenvalue weighted by atomic mass is 9.37. The van der Waals surface area contributed by atoms with Crippen LogP contribution in [0.4, 0.5) is 0 Å². The van der Waals surface area contributed by atoms with Crippen molar-refractivity contribution in [3.05, 3.63) is 11.6 Å². The molecule has 5 aliphatic rings. The summed E-state index contributed by atoms with van der Waals surface area (Å²) in [4.78, 5) is 25.5. The zero-order valence-corrected chi connectivity index (χ0v) is 25.1. The Morgan fingerprint density at radius 3 is 2.41 bits per heavy atom. The molecule has 0 aromatic carbocycles. The number of Topliss-reactive ketones (excluding diaryl/α,β-unsaturated/α-hetero) is 1. The summed E-state index contributed by atoms with van der Waals surface area (Å²) in [5, 5.41) is 32.1. The molecule has 11 atom stereocenters. The zero-order chi connectivity index (χ0) is 28.9. The van der Waals surface area contributed by atoms with E-state index in [-0.39, 0.29) is 52.0 Å². The lowest BCUT2D eigenvalue weighted by Gasteiger charge is -2.67. The maximum absolute atomic E-state index is 13.1. The van der Waals surface area contributed by atoms with Gasteiger partial charge in [-0.2, -0.15) is 0 Å². The van der Waals surface area contributed by atoms with Crippen LogP contribution >= 0.6 is 0 Å². The summed E-state index contributed by atoms with van der Waals surface area (Å²) in [6.07, 6.45) is 4.65. The fourth-order valence-corrected chi connectivity index (χ4v) is 10.5. The van der Waals surface area contributed by atoms with E-state index in [0.29, 0.717) is 25.0 Å². The SMILES string of the molecule is CC(=O)OC1CC2C(C)(C)C(=O)CCC2(C)C2CCC3(C)C(=CCC3C3CC(C(O)C(C)(C)O)OC3O)C12C. The minimum atomic E-state index is -1.33. The lowest BCUT2D eigenvalue weighted by molar-refractivity contribution is -0.206. The number of hydrogen-bond acceptors (Lipinski definition) is 7. The minimum absolute atomic E-state index is 0.0407. The van der Waals surface area contributed by atoms with E-state index in [0.717, 1.165) is 25.7 Å². The number of allylic oxidation sites excluding steroid dienone is 1. The molecule has 0 aromatic rings. The summed E-state index contributed by atoms with van der Waals surface area (Å²) in [7, 11) is 0. The van der Waals surface area contributed by atoms with Gasteiger partial charge in [0.15, 0.2) is 6.29 Å². The molecule has 0 bridgehead atoms. The van der Waals surface area contributed by atoms with Crippen LogP contribution in [-0.2, 0) is 19.1 Å². The van der Waals surface area contributed by atoms with Crippen molar-refractivity contribution in [3.63, 3.8) is 0 Å². The van der Waals surface area contributed by atoms with Gasteiger partial charge in [-0.25, -0.2) is 0 Å². The fourth-order valence-electron chi connectivity index (χ4n) is 10.5. The van der Waals surface area contributed by atoms with Crippen molar-refractivity contribution >= 4 is 11.8 Å². The maximum Gasteiger partial charge on any atom is 0.302 e. The number of fused-ring (bicyclic) bond motifs is 5. The van der Waals surface area contributed by atoms with Gasteiger partial charge in [-0.15, -0.1) is 0 Å². The van der Waals surface area contributed by atoms with Gasteiger partial charge in [0, 0.05) is 30.1 Å². The van der Waals surface area contributed by atoms with Crippen LogP contribution in [0.25, 0.3) is 0 Å². The van der Waals surface area contributed by atoms with Crippen molar-refractivity contribution in [1.82, 2.24) is 0 Å². The maximum atomic E-state index is 13.1. The predicted molar refractivity (Wildman–Crippen MR) is 146 cm³/mol. The van der Waals surface area contributed by atoms with Gasteiger partial charge in [-0.05, 0) is 81.0 Å². The average molecular weight is 547 g/mol. The molecule has 1 saturated heterocycles. The van der Waals surface area contributed by atoms with Crippen LogP contribution < -0.4 is 0 Å². The van der Waals surface area contributed by atoms with Gasteiger partial charge in [0.05, 0.1) is 11.7 Å². The van der Waals surface area contributed by atoms with E-state index in [2.05, 4.69) is 40.7 Å². The summed E-state index contributed by atoms with van der Waals surface area (Å²) in [6, 6.07) is 0. The van der Waals surface area contributed by atoms with Crippen molar-refractivity contribution in [1.29, 1.82) is 0 Å². The number of aliphatic hydroxyl groups excluding tert-OH is 2. The average Bonchev–Trinajstić information content (AvgIpc) is 3.36. The molecule has 1 aliphatic heterocycles. The van der Waals surface area contributed by atoms with Crippen molar-refractivity contribution < 1.29 is 34.4 Å². The second-order valence-electron chi connectivity index (χ2n) is 15.4. The van der Waals surface area contributed by atoms with Crippen molar-refractivity contribution in [3.8, 4) is 0 Å². The first-order valence-electron chi connectivity index (χ1n) is 15.0. The summed E-state index contributed by atoms with van der Waals surface area (Å²) >= 11 is 0. The molecule has 0 aromatic heterocycles. The number of esters is 1. The molecule has 5 rings (SSSR count). The lowest BCUT2D eigenvalue weighted by Crippen LogP contribution is -2.65. The van der Waals surface area contributed by atoms with E-state index in [4.69, 9.17) is 9.47 Å². The first kappa shape index (κ1) is 29.2. The number of aliphatic hydroxyl groups is 3. The largest absolute Gasteiger partial charge is 0.462 e. The van der Waals surface area contributed by atoms with E-state index in [1.165, 1.54) is 12.5 Å². The highest BCUT2D eigenvalue weighted by Gasteiger charge is 2.69. The third kappa shape index (κ3) is 4.11. The van der Waals surface area contributed by atoms with Crippen LogP contribution in [0.15, 0.2) is 11.6 Å². The summed E-state index contributed by atoms with van der Waals surface area (Å²) < 4.78 is 12.0. The highest BCUT2D eigenvalue weighted by Crippen LogP contribution is 2.73. The van der Waals surface area contributed by atoms with Gasteiger partial charge in [0.25, 0.3) is 0 Å². The molecule has 0 spiro atoms. The first-order valence-corrected chi connectivity index (χ1v) is 15.0. The molecule has 11 unspecified atom stereocenters. The third-order valence-corrected chi connectivity index (χ3v) is 12.5. The van der Waals surface area contributed by atoms with Crippen molar-refractivity contribution in [2.24, 2.45) is 45.3 Å². The molecule has 0 radical (unpaired) electrons. The molecule has 1 heterocycles. The Balaban J connectivity index is 1.50. The molecule has 39 heavy (non-hydrogen) atoms. The second-order valence-corrected chi connectivity index (χ2v) is 15.4. The molecule has 4 aliphatic carbocycles. The normalized spacial score (nSPS) is 48.0. The highest BCUT2D eigenvalue weighted by atomic mass is 16.6. The van der Waals surface area contributed by atoms with Gasteiger partial charge < -0.3 is 24.8 Å². The molecule has 4 fully saturated rings. The van der Waals surface area contributed by atoms with Crippen LogP contribution in [0.1, 0.15) is 100 Å². The summed E-state index contributed by atoms with van der Waals surface area (Å²) in [5.74, 6) is 0.393. The topological polar surface area (TPSA) is 113 Å². The third-order valence-electron chi connectivity index (χ3n) is 12.5. The van der Waals surface area contributed by atoms with Crippen LogP contribution in [0.3, 0.4) is 0 Å². The Morgan fingerprint density at radius 2 is 1.79 bits per heavy atom. The Morgan fingerprint density at radius 1 is 1.13 bits per heavy atom. The highest BCUT2D eigenvalue weighted by molar-refractivity contribution is 5.85. The molecule has 7 heteroatoms. The number of hydrogen-bond donors (Lipinski definition) is 3. The molecular formula is C32H50O7. The second kappa shape index (κ2) is 9.11. The van der Waals surface area contributed by atoms with Gasteiger partial charge in [-0.3, -0.25) is 9.59 Å². The number of ketones is 1. The molecule has 220 valence electrons. The van der Waals surface area contributed by atoms with E-state index in [1.807, 2.05) is 0 Å². The number of carbonyl (C=O) groups is 2. The van der Waals surface area contributed by atoms with Crippen LogP contribution in [0.2, 0.25) is 0 Å². The monoisotopic (exact) mass is 546 g/mol. The van der Waals surface area contributed by atoms with E-state index < -0.39 is 29.5 Å². The van der Waals surface area contributed by atoms with Crippen LogP contribution in [-0.4, -0.2) is 57.3 Å². The molecular weight excluding hydrogens is 496 g/mol. The van der Waals surface area contributed by atoms with E-state index in [1.54, 1.807) is 13.8 Å². The Bertz CT molecular complexity index is 1060. The van der Waals surface area contributed by atoms with E-state index >= 15 is 0 Å². The van der Waals surface area contributed by atoms with Crippen LogP contribution in [0, 0.1) is 45.3 Å². The van der Waals surface area contributed by atoms with E-state index in [9.17, 15) is 24.9 Å². The molecule has 3 N–H and O–H groups in total. The summed E-state index contributed by atoms with van der Waals surface area (Å²) in [5.41, 5.74) is -1.07. The minimum Gasteiger partial charge on any atom is -0.462 e. The van der Waals surface area contributed by atoms with Crippen molar-refractivity contribution in [2.75, 3.05) is 0 Å². The Kier molecular flexibility index (Phi) is 6.82. The van der Waals surface area contributed by atoms with Crippen LogP contribution in [0.5, 0.6) is 0 Å². The number of carbonyl (C=O) groups excluding carboxylic acids is 2. The Labute approximate surface area is 233 Å². The predicted octanol–water partition coefficient (Wildman–Crippen LogP) is 4.56. The fraction of sp³-hybridized carbons (Fsp3) is 0.875. The smallest absolute Gasteiger partial charge is 0.302 e. The molecule has 7 nitrogen and oxygen atoms in total. The first-order chi connectivity index (χ1) is 17.9. The van der Waals surface area contributed by atoms with Crippen molar-refractivity contribution in [2.45, 2.75) is 131 Å². The quantitative estimate of drug-likeness (QED) is 0.350. The van der Waals surface area contributed by atoms with Gasteiger partial charge >= 0.3 is 5.97 Å². The van der Waals surface area contributed by atoms with Gasteiger partial charge in [-0.1, -0.05) is 46.3 Å². The van der Waals surface area contributed by atoms with Gasteiger partial charge in [0.2, 0.25) is 0 Å². The zero-order valence-electron chi connectivity index (χ0n) is 25.1. The Hall–Kier alpha value is -1.28.